The Bertz CT molecular complexity index is 487. The number of aliphatic hydroxyl groups is 1. The van der Waals surface area contributed by atoms with Crippen molar-refractivity contribution in [3.8, 4) is 0 Å². The van der Waals surface area contributed by atoms with Crippen molar-refractivity contribution in [3.63, 3.8) is 0 Å². The summed E-state index contributed by atoms with van der Waals surface area (Å²) in [5.74, 6) is 0. The van der Waals surface area contributed by atoms with E-state index >= 15 is 0 Å². The minimum Gasteiger partial charge on any atom is -0.396 e. The monoisotopic (exact) mass is 203 g/mol. The summed E-state index contributed by atoms with van der Waals surface area (Å²) in [6, 6.07) is 7.78. The molecule has 78 valence electrons. The molecule has 1 heterocycles. The Hall–Kier alpha value is -1.68. The second kappa shape index (κ2) is 4.23. The van der Waals surface area contributed by atoms with E-state index in [1.807, 2.05) is 37.3 Å². The number of aromatic nitrogens is 3. The molecule has 0 atom stereocenters. The number of aliphatic hydroxyl groups excluding tert-OH is 1. The lowest BCUT2D eigenvalue weighted by Gasteiger charge is -2.04. The molecule has 1 aromatic heterocycles. The summed E-state index contributed by atoms with van der Waals surface area (Å²) in [5.41, 5.74) is 2.81. The molecule has 0 amide bonds. The van der Waals surface area contributed by atoms with Crippen molar-refractivity contribution in [3.05, 3.63) is 30.3 Å². The zero-order chi connectivity index (χ0) is 10.7. The summed E-state index contributed by atoms with van der Waals surface area (Å²) in [4.78, 5) is 0. The van der Waals surface area contributed by atoms with Crippen LogP contribution in [0.5, 0.6) is 0 Å². The molecule has 15 heavy (non-hydrogen) atoms. The van der Waals surface area contributed by atoms with E-state index in [-0.39, 0.29) is 6.61 Å². The topological polar surface area (TPSA) is 50.9 Å². The highest BCUT2D eigenvalue weighted by molar-refractivity contribution is 5.77. The van der Waals surface area contributed by atoms with Crippen molar-refractivity contribution in [1.82, 2.24) is 15.0 Å². The van der Waals surface area contributed by atoms with Crippen LogP contribution in [0, 0.1) is 0 Å². The maximum atomic E-state index is 8.94. The van der Waals surface area contributed by atoms with Gasteiger partial charge in [0.1, 0.15) is 5.52 Å². The van der Waals surface area contributed by atoms with Gasteiger partial charge in [0.05, 0.1) is 5.52 Å². The predicted octanol–water partition coefficient (Wildman–Crippen LogP) is 1.67. The summed E-state index contributed by atoms with van der Waals surface area (Å²) in [6.07, 6.45) is 2.53. The quantitative estimate of drug-likeness (QED) is 0.825. The minimum atomic E-state index is 0.119. The van der Waals surface area contributed by atoms with E-state index in [0.717, 1.165) is 16.7 Å². The molecule has 1 N–H and O–H groups in total. The third-order valence-corrected chi connectivity index (χ3v) is 2.33. The van der Waals surface area contributed by atoms with E-state index in [0.29, 0.717) is 6.42 Å². The van der Waals surface area contributed by atoms with Crippen LogP contribution in [0.1, 0.15) is 13.3 Å². The largest absolute Gasteiger partial charge is 0.396 e. The number of hydrogen-bond donors (Lipinski definition) is 1. The first kappa shape index (κ1) is 9.86. The molecule has 0 radical (unpaired) electrons. The van der Waals surface area contributed by atoms with Crippen molar-refractivity contribution in [1.29, 1.82) is 0 Å². The van der Waals surface area contributed by atoms with Gasteiger partial charge in [-0.15, -0.1) is 5.10 Å². The smallest absolute Gasteiger partial charge is 0.113 e. The lowest BCUT2D eigenvalue weighted by molar-refractivity contribution is 0.303. The first-order valence-electron chi connectivity index (χ1n) is 4.93. The van der Waals surface area contributed by atoms with Crippen molar-refractivity contribution in [2.24, 2.45) is 0 Å². The van der Waals surface area contributed by atoms with Crippen LogP contribution in [-0.2, 0) is 0 Å². The molecule has 2 rings (SSSR count). The van der Waals surface area contributed by atoms with E-state index in [9.17, 15) is 0 Å². The van der Waals surface area contributed by atoms with Crippen LogP contribution in [0.4, 0.5) is 0 Å². The van der Waals surface area contributed by atoms with Crippen LogP contribution in [0.2, 0.25) is 0 Å². The van der Waals surface area contributed by atoms with Crippen molar-refractivity contribution < 1.29 is 5.11 Å². The highest BCUT2D eigenvalue weighted by Crippen LogP contribution is 2.16. The first-order chi connectivity index (χ1) is 7.36. The maximum Gasteiger partial charge on any atom is 0.113 e. The van der Waals surface area contributed by atoms with Gasteiger partial charge >= 0.3 is 0 Å². The average molecular weight is 203 g/mol. The second-order valence-electron chi connectivity index (χ2n) is 3.24. The summed E-state index contributed by atoms with van der Waals surface area (Å²) >= 11 is 0. The van der Waals surface area contributed by atoms with Crippen LogP contribution < -0.4 is 0 Å². The molecule has 0 bridgehead atoms. The fourth-order valence-corrected chi connectivity index (χ4v) is 1.57. The van der Waals surface area contributed by atoms with Crippen molar-refractivity contribution in [2.75, 3.05) is 6.61 Å². The lowest BCUT2D eigenvalue weighted by atomic mass is 10.2. The molecule has 4 nitrogen and oxygen atoms in total. The standard InChI is InChI=1S/C11H13N3O/c1-2-9(7-8-15)14-11-6-4-3-5-10(11)12-13-14/h2-6,15H,7-8H2,1H3/b9-2-. The Balaban J connectivity index is 2.51. The fraction of sp³-hybridized carbons (Fsp3) is 0.273. The number of rotatable bonds is 3. The molecular weight excluding hydrogens is 190 g/mol. The minimum absolute atomic E-state index is 0.119. The van der Waals surface area contributed by atoms with Gasteiger partial charge in [-0.2, -0.15) is 0 Å². The Labute approximate surface area is 87.8 Å². The van der Waals surface area contributed by atoms with Gasteiger partial charge in [-0.3, -0.25) is 0 Å². The normalized spacial score (nSPS) is 12.3. The first-order valence-corrected chi connectivity index (χ1v) is 4.93. The third kappa shape index (κ3) is 1.76. The SMILES string of the molecule is C/C=C(/CCO)n1nnc2ccccc21. The van der Waals surface area contributed by atoms with Gasteiger partial charge < -0.3 is 5.11 Å². The molecule has 0 fully saturated rings. The van der Waals surface area contributed by atoms with Crippen LogP contribution >= 0.6 is 0 Å². The molecule has 0 aliphatic rings. The summed E-state index contributed by atoms with van der Waals surface area (Å²) in [6.45, 7) is 2.05. The number of fused-ring (bicyclic) bond motifs is 1. The maximum absolute atomic E-state index is 8.94. The van der Waals surface area contributed by atoms with Gasteiger partial charge in [0.25, 0.3) is 0 Å². The Morgan fingerprint density at radius 1 is 1.47 bits per heavy atom. The summed E-state index contributed by atoms with van der Waals surface area (Å²) < 4.78 is 1.77. The molecule has 0 saturated heterocycles. The van der Waals surface area contributed by atoms with E-state index in [1.165, 1.54) is 0 Å². The van der Waals surface area contributed by atoms with Crippen LogP contribution in [-0.4, -0.2) is 26.7 Å². The second-order valence-corrected chi connectivity index (χ2v) is 3.24. The van der Waals surface area contributed by atoms with E-state index in [1.54, 1.807) is 4.68 Å². The van der Waals surface area contributed by atoms with Gasteiger partial charge in [0, 0.05) is 18.7 Å². The summed E-state index contributed by atoms with van der Waals surface area (Å²) in [5, 5.41) is 17.1. The Morgan fingerprint density at radius 2 is 2.27 bits per heavy atom. The van der Waals surface area contributed by atoms with Crippen molar-refractivity contribution >= 4 is 16.7 Å². The number of allylic oxidation sites excluding steroid dienone is 1. The molecule has 1 aromatic carbocycles. The number of benzene rings is 1. The van der Waals surface area contributed by atoms with Gasteiger partial charge in [0.15, 0.2) is 0 Å². The van der Waals surface area contributed by atoms with Crippen LogP contribution in [0.15, 0.2) is 30.3 Å². The van der Waals surface area contributed by atoms with Crippen LogP contribution in [0.3, 0.4) is 0 Å². The summed E-state index contributed by atoms with van der Waals surface area (Å²) in [7, 11) is 0. The van der Waals surface area contributed by atoms with Crippen LogP contribution in [0.25, 0.3) is 16.7 Å². The highest BCUT2D eigenvalue weighted by Gasteiger charge is 2.06. The lowest BCUT2D eigenvalue weighted by Crippen LogP contribution is -2.01. The zero-order valence-electron chi connectivity index (χ0n) is 8.59. The van der Waals surface area contributed by atoms with Gasteiger partial charge in [-0.1, -0.05) is 23.4 Å². The predicted molar refractivity (Wildman–Crippen MR) is 59.2 cm³/mol. The van der Waals surface area contributed by atoms with Gasteiger partial charge in [0.2, 0.25) is 0 Å². The van der Waals surface area contributed by atoms with E-state index in [2.05, 4.69) is 10.3 Å². The fourth-order valence-electron chi connectivity index (χ4n) is 1.57. The van der Waals surface area contributed by atoms with Gasteiger partial charge in [-0.25, -0.2) is 4.68 Å². The van der Waals surface area contributed by atoms with Gasteiger partial charge in [-0.05, 0) is 19.1 Å². The van der Waals surface area contributed by atoms with E-state index in [4.69, 9.17) is 5.11 Å². The Kier molecular flexibility index (Phi) is 2.78. The molecule has 0 saturated carbocycles. The molecule has 0 spiro atoms. The number of para-hydroxylation sites is 1. The highest BCUT2D eigenvalue weighted by atomic mass is 16.3. The zero-order valence-corrected chi connectivity index (χ0v) is 8.59. The molecule has 0 aliphatic heterocycles. The molecule has 0 aliphatic carbocycles. The molecule has 4 heteroatoms. The third-order valence-electron chi connectivity index (χ3n) is 2.33. The average Bonchev–Trinajstić information content (AvgIpc) is 2.70. The molecule has 2 aromatic rings. The Morgan fingerprint density at radius 3 is 3.00 bits per heavy atom. The molecule has 0 unspecified atom stereocenters. The molecular formula is C11H13N3O. The number of nitrogens with zero attached hydrogens (tertiary/aromatic N) is 3. The number of hydrogen-bond acceptors (Lipinski definition) is 3. The van der Waals surface area contributed by atoms with Crippen molar-refractivity contribution in [2.45, 2.75) is 13.3 Å². The van der Waals surface area contributed by atoms with E-state index < -0.39 is 0 Å².